The van der Waals surface area contributed by atoms with E-state index in [4.69, 9.17) is 5.73 Å². The molecule has 2 unspecified atom stereocenters. The summed E-state index contributed by atoms with van der Waals surface area (Å²) in [6.45, 7) is 8.08. The Balaban J connectivity index is 2.18. The van der Waals surface area contributed by atoms with Gasteiger partial charge in [-0.2, -0.15) is 10.2 Å². The van der Waals surface area contributed by atoms with E-state index in [1.165, 1.54) is 0 Å². The number of aromatic nitrogens is 2. The maximum absolute atomic E-state index is 12.6. The maximum atomic E-state index is 12.6. The van der Waals surface area contributed by atoms with E-state index in [9.17, 15) is 4.79 Å². The van der Waals surface area contributed by atoms with Crippen LogP contribution in [0.3, 0.4) is 0 Å². The van der Waals surface area contributed by atoms with E-state index in [-0.39, 0.29) is 5.91 Å². The number of likely N-dealkylation sites (tertiary alicyclic amines) is 1. The first-order valence-electron chi connectivity index (χ1n) is 6.83. The van der Waals surface area contributed by atoms with Crippen LogP contribution in [-0.4, -0.2) is 40.6 Å². The lowest BCUT2D eigenvalue weighted by molar-refractivity contribution is 0.0617. The van der Waals surface area contributed by atoms with Gasteiger partial charge in [0.25, 0.3) is 5.91 Å². The molecule has 19 heavy (non-hydrogen) atoms. The minimum atomic E-state index is 0.0563. The van der Waals surface area contributed by atoms with E-state index in [0.717, 1.165) is 25.2 Å². The molecule has 0 aromatic carbocycles. The Kier molecular flexibility index (Phi) is 4.14. The molecule has 2 rings (SSSR count). The second kappa shape index (κ2) is 5.65. The minimum Gasteiger partial charge on any atom is -0.338 e. The highest BCUT2D eigenvalue weighted by atomic mass is 16.2. The van der Waals surface area contributed by atoms with E-state index < -0.39 is 0 Å². The summed E-state index contributed by atoms with van der Waals surface area (Å²) in [6, 6.07) is 1.82. The molecule has 0 radical (unpaired) electrons. The number of nitrogens with zero attached hydrogens (tertiary/aromatic N) is 3. The normalized spacial score (nSPS) is 23.5. The molecule has 1 fully saturated rings. The molecule has 0 bridgehead atoms. The second-order valence-corrected chi connectivity index (χ2v) is 5.50. The van der Waals surface area contributed by atoms with Crippen molar-refractivity contribution in [1.29, 1.82) is 0 Å². The van der Waals surface area contributed by atoms with Gasteiger partial charge in [-0.25, -0.2) is 0 Å². The maximum Gasteiger partial charge on any atom is 0.255 e. The van der Waals surface area contributed by atoms with Crippen LogP contribution in [0, 0.1) is 25.7 Å². The molecule has 1 saturated heterocycles. The molecule has 2 atom stereocenters. The van der Waals surface area contributed by atoms with Crippen LogP contribution in [0.15, 0.2) is 6.07 Å². The van der Waals surface area contributed by atoms with Gasteiger partial charge in [0.1, 0.15) is 0 Å². The smallest absolute Gasteiger partial charge is 0.255 e. The Morgan fingerprint density at radius 3 is 2.89 bits per heavy atom. The molecular formula is C14H22N4O. The lowest BCUT2D eigenvalue weighted by Gasteiger charge is -2.36. The fraction of sp³-hybridized carbons (Fsp3) is 0.643. The Hall–Kier alpha value is -1.49. The zero-order valence-corrected chi connectivity index (χ0v) is 11.9. The highest BCUT2D eigenvalue weighted by molar-refractivity contribution is 5.95. The van der Waals surface area contributed by atoms with Crippen LogP contribution in [0.4, 0.5) is 0 Å². The lowest BCUT2D eigenvalue weighted by atomic mass is 9.87. The number of aryl methyl sites for hydroxylation is 2. The van der Waals surface area contributed by atoms with Crippen LogP contribution in [0.2, 0.25) is 0 Å². The van der Waals surface area contributed by atoms with Gasteiger partial charge in [-0.3, -0.25) is 4.79 Å². The molecule has 104 valence electrons. The summed E-state index contributed by atoms with van der Waals surface area (Å²) < 4.78 is 0. The monoisotopic (exact) mass is 262 g/mol. The number of nitrogens with two attached hydrogens (primary N) is 1. The summed E-state index contributed by atoms with van der Waals surface area (Å²) in [5.74, 6) is 1.04. The summed E-state index contributed by atoms with van der Waals surface area (Å²) in [7, 11) is 0. The Labute approximate surface area is 114 Å². The van der Waals surface area contributed by atoms with Crippen molar-refractivity contribution >= 4 is 5.91 Å². The quantitative estimate of drug-likeness (QED) is 0.868. The third-order valence-electron chi connectivity index (χ3n) is 4.04. The van der Waals surface area contributed by atoms with Crippen LogP contribution in [0.1, 0.15) is 35.1 Å². The van der Waals surface area contributed by atoms with Crippen LogP contribution < -0.4 is 5.73 Å². The minimum absolute atomic E-state index is 0.0563. The molecular weight excluding hydrogens is 240 g/mol. The molecule has 0 spiro atoms. The van der Waals surface area contributed by atoms with Gasteiger partial charge < -0.3 is 10.6 Å². The van der Waals surface area contributed by atoms with Crippen molar-refractivity contribution in [2.24, 2.45) is 17.6 Å². The first kappa shape index (κ1) is 13.9. The SMILES string of the molecule is Cc1cc(C(=O)N2CCC(C)C(CN)C2)c(C)nn1. The van der Waals surface area contributed by atoms with Gasteiger partial charge in [-0.1, -0.05) is 6.92 Å². The Morgan fingerprint density at radius 2 is 2.21 bits per heavy atom. The zero-order chi connectivity index (χ0) is 14.0. The van der Waals surface area contributed by atoms with Crippen molar-refractivity contribution in [3.63, 3.8) is 0 Å². The third-order valence-corrected chi connectivity index (χ3v) is 4.04. The Morgan fingerprint density at radius 1 is 1.47 bits per heavy atom. The first-order valence-corrected chi connectivity index (χ1v) is 6.83. The second-order valence-electron chi connectivity index (χ2n) is 5.50. The highest BCUT2D eigenvalue weighted by Gasteiger charge is 2.29. The zero-order valence-electron chi connectivity index (χ0n) is 11.9. The molecule has 5 nitrogen and oxygen atoms in total. The average Bonchev–Trinajstić information content (AvgIpc) is 2.41. The van der Waals surface area contributed by atoms with Crippen molar-refractivity contribution in [2.75, 3.05) is 19.6 Å². The topological polar surface area (TPSA) is 72.1 Å². The third kappa shape index (κ3) is 2.92. The number of hydrogen-bond acceptors (Lipinski definition) is 4. The summed E-state index contributed by atoms with van der Waals surface area (Å²) in [4.78, 5) is 14.5. The van der Waals surface area contributed by atoms with Crippen molar-refractivity contribution in [2.45, 2.75) is 27.2 Å². The number of carbonyl (C=O) groups excluding carboxylic acids is 1. The largest absolute Gasteiger partial charge is 0.338 e. The number of rotatable bonds is 2. The standard InChI is InChI=1S/C14H22N4O/c1-9-4-5-18(8-12(9)7-15)14(19)13-6-10(2)16-17-11(13)3/h6,9,12H,4-5,7-8,15H2,1-3H3. The van der Waals surface area contributed by atoms with Crippen LogP contribution >= 0.6 is 0 Å². The van der Waals surface area contributed by atoms with Crippen molar-refractivity contribution in [3.05, 3.63) is 23.0 Å². The van der Waals surface area contributed by atoms with Crippen molar-refractivity contribution in [1.82, 2.24) is 15.1 Å². The molecule has 1 aliphatic heterocycles. The predicted octanol–water partition coefficient (Wildman–Crippen LogP) is 1.15. The molecule has 2 N–H and O–H groups in total. The van der Waals surface area contributed by atoms with Crippen LogP contribution in [0.25, 0.3) is 0 Å². The highest BCUT2D eigenvalue weighted by Crippen LogP contribution is 2.24. The van der Waals surface area contributed by atoms with E-state index in [2.05, 4.69) is 17.1 Å². The van der Waals surface area contributed by atoms with Gasteiger partial charge >= 0.3 is 0 Å². The molecule has 1 amide bonds. The number of amides is 1. The number of carbonyl (C=O) groups is 1. The Bertz CT molecular complexity index is 475. The van der Waals surface area contributed by atoms with E-state index in [0.29, 0.717) is 29.6 Å². The van der Waals surface area contributed by atoms with Gasteiger partial charge in [0.15, 0.2) is 0 Å². The lowest BCUT2D eigenvalue weighted by Crippen LogP contribution is -2.45. The molecule has 1 aliphatic rings. The number of hydrogen-bond donors (Lipinski definition) is 1. The molecule has 1 aromatic heterocycles. The summed E-state index contributed by atoms with van der Waals surface area (Å²) in [6.07, 6.45) is 1.02. The van der Waals surface area contributed by atoms with Crippen molar-refractivity contribution < 1.29 is 4.79 Å². The van der Waals surface area contributed by atoms with E-state index in [1.807, 2.05) is 24.8 Å². The first-order chi connectivity index (χ1) is 9.02. The number of piperidine rings is 1. The van der Waals surface area contributed by atoms with E-state index >= 15 is 0 Å². The van der Waals surface area contributed by atoms with Crippen LogP contribution in [0.5, 0.6) is 0 Å². The summed E-state index contributed by atoms with van der Waals surface area (Å²) >= 11 is 0. The predicted molar refractivity (Wildman–Crippen MR) is 73.7 cm³/mol. The molecule has 1 aromatic rings. The van der Waals surface area contributed by atoms with Crippen LogP contribution in [-0.2, 0) is 0 Å². The average molecular weight is 262 g/mol. The van der Waals surface area contributed by atoms with Crippen molar-refractivity contribution in [3.8, 4) is 0 Å². The molecule has 5 heteroatoms. The molecule has 0 aliphatic carbocycles. The molecule has 2 heterocycles. The van der Waals surface area contributed by atoms with Gasteiger partial charge in [-0.15, -0.1) is 0 Å². The van der Waals surface area contributed by atoms with Gasteiger partial charge in [0.05, 0.1) is 17.0 Å². The fourth-order valence-electron chi connectivity index (χ4n) is 2.58. The van der Waals surface area contributed by atoms with E-state index in [1.54, 1.807) is 0 Å². The summed E-state index contributed by atoms with van der Waals surface area (Å²) in [5.41, 5.74) is 7.92. The summed E-state index contributed by atoms with van der Waals surface area (Å²) in [5, 5.41) is 8.00. The van der Waals surface area contributed by atoms with Gasteiger partial charge in [-0.05, 0) is 44.7 Å². The van der Waals surface area contributed by atoms with Gasteiger partial charge in [0, 0.05) is 13.1 Å². The van der Waals surface area contributed by atoms with Gasteiger partial charge in [0.2, 0.25) is 0 Å². The molecule has 0 saturated carbocycles. The fourth-order valence-corrected chi connectivity index (χ4v) is 2.58.